The number of esters is 1. The van der Waals surface area contributed by atoms with E-state index in [0.717, 1.165) is 16.9 Å². The second-order valence-electron chi connectivity index (χ2n) is 5.00. The van der Waals surface area contributed by atoms with Gasteiger partial charge in [-0.2, -0.15) is 0 Å². The molecule has 5 heteroatoms. The van der Waals surface area contributed by atoms with Crippen molar-refractivity contribution in [2.24, 2.45) is 4.99 Å². The van der Waals surface area contributed by atoms with Crippen LogP contribution in [0.1, 0.15) is 11.1 Å². The molecule has 0 atom stereocenters. The van der Waals surface area contributed by atoms with Crippen LogP contribution in [-0.4, -0.2) is 19.0 Å². The molecule has 0 radical (unpaired) electrons. The van der Waals surface area contributed by atoms with E-state index >= 15 is 0 Å². The number of hydrogen-bond acceptors (Lipinski definition) is 4. The van der Waals surface area contributed by atoms with Crippen molar-refractivity contribution >= 4 is 29.5 Å². The highest BCUT2D eigenvalue weighted by atomic mass is 35.5. The fourth-order valence-electron chi connectivity index (χ4n) is 2.16. The Hall–Kier alpha value is -2.59. The van der Waals surface area contributed by atoms with Crippen molar-refractivity contribution in [3.8, 4) is 5.75 Å². The van der Waals surface area contributed by atoms with Crippen molar-refractivity contribution < 1.29 is 14.3 Å². The van der Waals surface area contributed by atoms with Crippen LogP contribution in [0.3, 0.4) is 0 Å². The second-order valence-corrected chi connectivity index (χ2v) is 5.44. The Labute approximate surface area is 139 Å². The molecule has 1 heterocycles. The van der Waals surface area contributed by atoms with E-state index in [1.165, 1.54) is 0 Å². The minimum atomic E-state index is -0.441. The van der Waals surface area contributed by atoms with Gasteiger partial charge >= 0.3 is 5.97 Å². The summed E-state index contributed by atoms with van der Waals surface area (Å²) in [5.41, 5.74) is 2.12. The molecule has 3 rings (SSSR count). The van der Waals surface area contributed by atoms with Gasteiger partial charge in [-0.15, -0.1) is 0 Å². The van der Waals surface area contributed by atoms with Gasteiger partial charge in [0.2, 0.25) is 5.90 Å². The molecule has 2 aromatic rings. The summed E-state index contributed by atoms with van der Waals surface area (Å²) in [6, 6.07) is 14.7. The van der Waals surface area contributed by atoms with E-state index in [1.54, 1.807) is 25.3 Å². The molecule has 0 aliphatic carbocycles. The van der Waals surface area contributed by atoms with Crippen LogP contribution in [0, 0.1) is 0 Å². The number of methoxy groups -OCH3 is 1. The molecular weight excluding hydrogens is 314 g/mol. The van der Waals surface area contributed by atoms with E-state index < -0.39 is 5.97 Å². The maximum absolute atomic E-state index is 11.9. The van der Waals surface area contributed by atoms with Gasteiger partial charge in [0.15, 0.2) is 5.70 Å². The lowest BCUT2D eigenvalue weighted by atomic mass is 10.1. The molecule has 4 nitrogen and oxygen atoms in total. The van der Waals surface area contributed by atoms with Crippen LogP contribution in [0.5, 0.6) is 5.75 Å². The van der Waals surface area contributed by atoms with Gasteiger partial charge in [0, 0.05) is 11.4 Å². The SMILES string of the molecule is COc1ccc(CC2=N/C(=C/c3ccc(Cl)cc3)C(=O)O2)cc1. The van der Waals surface area contributed by atoms with Crippen molar-refractivity contribution in [3.05, 3.63) is 70.4 Å². The number of ether oxygens (including phenoxy) is 2. The normalized spacial score (nSPS) is 15.5. The molecule has 0 saturated heterocycles. The number of aliphatic imine (C=N–C) groups is 1. The summed E-state index contributed by atoms with van der Waals surface area (Å²) in [7, 11) is 1.62. The third-order valence-electron chi connectivity index (χ3n) is 3.35. The number of cyclic esters (lactones) is 1. The Morgan fingerprint density at radius 3 is 2.48 bits per heavy atom. The summed E-state index contributed by atoms with van der Waals surface area (Å²) < 4.78 is 10.3. The Morgan fingerprint density at radius 2 is 1.83 bits per heavy atom. The first-order valence-corrected chi connectivity index (χ1v) is 7.42. The molecule has 0 unspecified atom stereocenters. The fourth-order valence-corrected chi connectivity index (χ4v) is 2.29. The first-order valence-electron chi connectivity index (χ1n) is 7.04. The zero-order chi connectivity index (χ0) is 16.2. The van der Waals surface area contributed by atoms with Crippen molar-refractivity contribution in [2.75, 3.05) is 7.11 Å². The summed E-state index contributed by atoms with van der Waals surface area (Å²) in [4.78, 5) is 16.2. The zero-order valence-electron chi connectivity index (χ0n) is 12.5. The lowest BCUT2D eigenvalue weighted by molar-refractivity contribution is -0.130. The third kappa shape index (κ3) is 3.79. The van der Waals surface area contributed by atoms with Crippen LogP contribution in [0.25, 0.3) is 6.08 Å². The molecule has 1 aliphatic heterocycles. The summed E-state index contributed by atoms with van der Waals surface area (Å²) in [6.07, 6.45) is 2.13. The predicted molar refractivity (Wildman–Crippen MR) is 89.7 cm³/mol. The molecule has 0 fully saturated rings. The van der Waals surface area contributed by atoms with E-state index in [0.29, 0.717) is 17.3 Å². The van der Waals surface area contributed by atoms with Crippen molar-refractivity contribution in [2.45, 2.75) is 6.42 Å². The largest absolute Gasteiger partial charge is 0.497 e. The number of halogens is 1. The van der Waals surface area contributed by atoms with Crippen LogP contribution in [-0.2, 0) is 16.0 Å². The molecular formula is C18H14ClNO3. The highest BCUT2D eigenvalue weighted by Gasteiger charge is 2.22. The Kier molecular flexibility index (Phi) is 4.44. The van der Waals surface area contributed by atoms with Crippen molar-refractivity contribution in [3.63, 3.8) is 0 Å². The Balaban J connectivity index is 1.76. The first-order chi connectivity index (χ1) is 11.1. The van der Waals surface area contributed by atoms with Gasteiger partial charge in [-0.1, -0.05) is 35.9 Å². The average molecular weight is 328 g/mol. The standard InChI is InChI=1S/C18H14ClNO3/c1-22-15-8-4-13(5-9-15)11-17-20-16(18(21)23-17)10-12-2-6-14(19)7-3-12/h2-10H,11H2,1H3/b16-10+. The third-order valence-corrected chi connectivity index (χ3v) is 3.60. The number of hydrogen-bond donors (Lipinski definition) is 0. The second kappa shape index (κ2) is 6.67. The van der Waals surface area contributed by atoms with Crippen LogP contribution < -0.4 is 4.74 Å². The molecule has 1 aliphatic rings. The van der Waals surface area contributed by atoms with Crippen LogP contribution in [0.15, 0.2) is 59.2 Å². The smallest absolute Gasteiger partial charge is 0.363 e. The zero-order valence-corrected chi connectivity index (χ0v) is 13.2. The van der Waals surface area contributed by atoms with E-state index in [4.69, 9.17) is 21.1 Å². The lowest BCUT2D eigenvalue weighted by Gasteiger charge is -2.02. The number of carbonyl (C=O) groups excluding carboxylic acids is 1. The lowest BCUT2D eigenvalue weighted by Crippen LogP contribution is -2.06. The van der Waals surface area contributed by atoms with Gasteiger partial charge in [-0.3, -0.25) is 0 Å². The minimum Gasteiger partial charge on any atom is -0.497 e. The Morgan fingerprint density at radius 1 is 1.13 bits per heavy atom. The van der Waals surface area contributed by atoms with Gasteiger partial charge in [0.1, 0.15) is 5.75 Å². The molecule has 0 bridgehead atoms. The summed E-state index contributed by atoms with van der Waals surface area (Å²) >= 11 is 5.84. The van der Waals surface area contributed by atoms with Gasteiger partial charge in [-0.25, -0.2) is 9.79 Å². The van der Waals surface area contributed by atoms with Crippen LogP contribution in [0.4, 0.5) is 0 Å². The van der Waals surface area contributed by atoms with Gasteiger partial charge in [0.05, 0.1) is 7.11 Å². The summed E-state index contributed by atoms with van der Waals surface area (Å²) in [6.45, 7) is 0. The van der Waals surface area contributed by atoms with Crippen LogP contribution >= 0.6 is 11.6 Å². The molecule has 0 aromatic heterocycles. The molecule has 0 N–H and O–H groups in total. The quantitative estimate of drug-likeness (QED) is 0.632. The minimum absolute atomic E-state index is 0.288. The molecule has 0 saturated carbocycles. The first kappa shape index (κ1) is 15.3. The van der Waals surface area contributed by atoms with Gasteiger partial charge in [-0.05, 0) is 41.5 Å². The fraction of sp³-hybridized carbons (Fsp3) is 0.111. The maximum Gasteiger partial charge on any atom is 0.363 e. The van der Waals surface area contributed by atoms with E-state index in [-0.39, 0.29) is 5.70 Å². The van der Waals surface area contributed by atoms with E-state index in [9.17, 15) is 4.79 Å². The molecule has 23 heavy (non-hydrogen) atoms. The van der Waals surface area contributed by atoms with Crippen LogP contribution in [0.2, 0.25) is 5.02 Å². The number of benzene rings is 2. The highest BCUT2D eigenvalue weighted by Crippen LogP contribution is 2.19. The predicted octanol–water partition coefficient (Wildman–Crippen LogP) is 3.89. The van der Waals surface area contributed by atoms with E-state index in [1.807, 2.05) is 36.4 Å². The van der Waals surface area contributed by atoms with Crippen molar-refractivity contribution in [1.82, 2.24) is 0 Å². The van der Waals surface area contributed by atoms with E-state index in [2.05, 4.69) is 4.99 Å². The highest BCUT2D eigenvalue weighted by molar-refractivity contribution is 6.30. The monoisotopic (exact) mass is 327 g/mol. The summed E-state index contributed by atoms with van der Waals surface area (Å²) in [5.74, 6) is 0.728. The molecule has 116 valence electrons. The van der Waals surface area contributed by atoms with Crippen molar-refractivity contribution in [1.29, 1.82) is 0 Å². The Bertz CT molecular complexity index is 777. The maximum atomic E-state index is 11.9. The average Bonchev–Trinajstić information content (AvgIpc) is 2.90. The number of carbonyl (C=O) groups is 1. The molecule has 0 spiro atoms. The van der Waals surface area contributed by atoms with Gasteiger partial charge < -0.3 is 9.47 Å². The summed E-state index contributed by atoms with van der Waals surface area (Å²) in [5, 5.41) is 0.643. The number of nitrogens with zero attached hydrogens (tertiary/aromatic N) is 1. The topological polar surface area (TPSA) is 47.9 Å². The molecule has 0 amide bonds. The van der Waals surface area contributed by atoms with Gasteiger partial charge in [0.25, 0.3) is 0 Å². The number of rotatable bonds is 4. The molecule has 2 aromatic carbocycles.